The Hall–Kier alpha value is -1.34. The van der Waals surface area contributed by atoms with Crippen LogP contribution in [-0.2, 0) is 4.74 Å². The average Bonchev–Trinajstić information content (AvgIpc) is 3.39. The summed E-state index contributed by atoms with van der Waals surface area (Å²) in [6, 6.07) is 8.36. The van der Waals surface area contributed by atoms with E-state index in [2.05, 4.69) is 90.1 Å². The molecule has 142 valence electrons. The molecule has 0 spiro atoms. The summed E-state index contributed by atoms with van der Waals surface area (Å²) in [5.41, 5.74) is 2.74. The van der Waals surface area contributed by atoms with Crippen LogP contribution in [0, 0.1) is 49.4 Å². The van der Waals surface area contributed by atoms with Crippen molar-refractivity contribution in [1.29, 1.82) is 0 Å². The zero-order valence-electron chi connectivity index (χ0n) is 17.4. The van der Waals surface area contributed by atoms with Gasteiger partial charge in [0.1, 0.15) is 0 Å². The quantitative estimate of drug-likeness (QED) is 0.493. The Morgan fingerprint density at radius 1 is 0.654 bits per heavy atom. The molecule has 2 heterocycles. The van der Waals surface area contributed by atoms with E-state index < -0.39 is 0 Å². The third-order valence-corrected chi connectivity index (χ3v) is 7.43. The molecule has 0 N–H and O–H groups in total. The van der Waals surface area contributed by atoms with Crippen molar-refractivity contribution < 1.29 is 4.74 Å². The summed E-state index contributed by atoms with van der Waals surface area (Å²) >= 11 is 0. The van der Waals surface area contributed by atoms with Gasteiger partial charge in [-0.15, -0.1) is 0 Å². The molecule has 1 saturated heterocycles. The maximum Gasteiger partial charge on any atom is 0.0794 e. The maximum atomic E-state index is 5.59. The van der Waals surface area contributed by atoms with E-state index in [-0.39, 0.29) is 0 Å². The van der Waals surface area contributed by atoms with E-state index in [1.165, 1.54) is 17.5 Å². The van der Waals surface area contributed by atoms with Gasteiger partial charge in [0.15, 0.2) is 0 Å². The summed E-state index contributed by atoms with van der Waals surface area (Å²) in [5, 5.41) is 0. The Kier molecular flexibility index (Phi) is 6.07. The summed E-state index contributed by atoms with van der Waals surface area (Å²) in [5.74, 6) is 5.26. The summed E-state index contributed by atoms with van der Waals surface area (Å²) in [4.78, 5) is 0. The van der Waals surface area contributed by atoms with Crippen LogP contribution in [0.5, 0.6) is 0 Å². The lowest BCUT2D eigenvalue weighted by atomic mass is 9.86. The Bertz CT molecular complexity index is 569. The Morgan fingerprint density at radius 3 is 1.31 bits per heavy atom. The highest BCUT2D eigenvalue weighted by Crippen LogP contribution is 2.47. The molecule has 0 amide bonds. The monoisotopic (exact) mass is 352 g/mol. The van der Waals surface area contributed by atoms with E-state index in [4.69, 9.17) is 4.74 Å². The summed E-state index contributed by atoms with van der Waals surface area (Å²) < 4.78 is 5.59. The molecular weight excluding hydrogens is 316 g/mol. The highest BCUT2D eigenvalue weighted by molar-refractivity contribution is 5.23. The molecule has 8 atom stereocenters. The molecule has 2 fully saturated rings. The first-order valence-corrected chi connectivity index (χ1v) is 10.4. The van der Waals surface area contributed by atoms with Gasteiger partial charge in [-0.3, -0.25) is 0 Å². The maximum absolute atomic E-state index is 5.59. The van der Waals surface area contributed by atoms with E-state index in [1.54, 1.807) is 0 Å². The molecule has 26 heavy (non-hydrogen) atoms. The molecule has 0 radical (unpaired) electrons. The van der Waals surface area contributed by atoms with Crippen LogP contribution in [0.3, 0.4) is 0 Å². The first kappa shape index (κ1) is 19.4. The number of benzene rings is 1. The molecular formula is C25H36O. The molecule has 0 aromatic heterocycles. The second kappa shape index (κ2) is 8.13. The van der Waals surface area contributed by atoms with Gasteiger partial charge in [-0.1, -0.05) is 76.3 Å². The van der Waals surface area contributed by atoms with Gasteiger partial charge in [-0.2, -0.15) is 0 Å². The fraction of sp³-hybridized carbons (Fsp3) is 0.600. The van der Waals surface area contributed by atoms with Gasteiger partial charge in [0.2, 0.25) is 0 Å². The average molecular weight is 353 g/mol. The molecule has 1 heteroatoms. The zero-order chi connectivity index (χ0) is 18.8. The molecule has 4 bridgehead atoms. The number of hydrogen-bond acceptors (Lipinski definition) is 1. The van der Waals surface area contributed by atoms with Crippen LogP contribution in [0.4, 0.5) is 0 Å². The van der Waals surface area contributed by atoms with Crippen LogP contribution < -0.4 is 0 Å². The second-order valence-electron chi connectivity index (χ2n) is 8.92. The first-order valence-electron chi connectivity index (χ1n) is 10.4. The van der Waals surface area contributed by atoms with Gasteiger partial charge in [0.25, 0.3) is 0 Å². The third-order valence-electron chi connectivity index (χ3n) is 7.43. The lowest BCUT2D eigenvalue weighted by Crippen LogP contribution is -2.17. The topological polar surface area (TPSA) is 9.23 Å². The van der Waals surface area contributed by atoms with Crippen LogP contribution in [-0.4, -0.2) is 12.2 Å². The van der Waals surface area contributed by atoms with Crippen molar-refractivity contribution in [3.8, 4) is 0 Å². The van der Waals surface area contributed by atoms with Gasteiger partial charge in [0, 0.05) is 0 Å². The van der Waals surface area contributed by atoms with Gasteiger partial charge in [-0.25, -0.2) is 0 Å². The molecule has 2 aliphatic carbocycles. The van der Waals surface area contributed by atoms with E-state index in [0.717, 1.165) is 35.5 Å². The van der Waals surface area contributed by atoms with E-state index in [1.807, 2.05) is 0 Å². The zero-order valence-corrected chi connectivity index (χ0v) is 17.4. The largest absolute Gasteiger partial charge is 0.366 e. The third kappa shape index (κ3) is 3.98. The fourth-order valence-corrected chi connectivity index (χ4v) is 4.67. The van der Waals surface area contributed by atoms with E-state index in [9.17, 15) is 0 Å². The predicted molar refractivity (Wildman–Crippen MR) is 111 cm³/mol. The highest BCUT2D eigenvalue weighted by Gasteiger charge is 2.40. The van der Waals surface area contributed by atoms with E-state index in [0.29, 0.717) is 12.2 Å². The molecule has 5 rings (SSSR count). The smallest absolute Gasteiger partial charge is 0.0794 e. The number of allylic oxidation sites excluding steroid dienone is 2. The number of hydrogen-bond donors (Lipinski definition) is 0. The molecule has 1 saturated carbocycles. The SMILES string of the molecule is CC1C2C=CC(C2)C1C.CC1C2C=CC(O2)C1C.Cc1ccccc1C. The lowest BCUT2D eigenvalue weighted by Gasteiger charge is -2.19. The minimum atomic E-state index is 0.435. The number of ether oxygens (including phenoxy) is 1. The van der Waals surface area contributed by atoms with Gasteiger partial charge >= 0.3 is 0 Å². The standard InChI is InChI=1S/C9H14.C8H12O.C8H10/c1-6-7(2)9-4-3-8(6)5-9;1-5-6(2)8-4-3-7(5)9-8;1-7-5-3-4-6-8(7)2/h3-4,6-9H,5H2,1-2H3;3-8H,1-2H3;3-6H,1-2H3. The van der Waals surface area contributed by atoms with Crippen LogP contribution >= 0.6 is 0 Å². The minimum absolute atomic E-state index is 0.435. The molecule has 4 aliphatic rings. The van der Waals surface area contributed by atoms with Crippen molar-refractivity contribution in [1.82, 2.24) is 0 Å². The van der Waals surface area contributed by atoms with Crippen LogP contribution in [0.2, 0.25) is 0 Å². The van der Waals surface area contributed by atoms with Crippen LogP contribution in [0.15, 0.2) is 48.6 Å². The van der Waals surface area contributed by atoms with Crippen LogP contribution in [0.1, 0.15) is 45.2 Å². The van der Waals surface area contributed by atoms with Crippen molar-refractivity contribution in [2.75, 3.05) is 0 Å². The van der Waals surface area contributed by atoms with Crippen molar-refractivity contribution in [2.45, 2.75) is 60.2 Å². The van der Waals surface area contributed by atoms with Gasteiger partial charge in [0.05, 0.1) is 12.2 Å². The first-order chi connectivity index (χ1) is 12.4. The van der Waals surface area contributed by atoms with Gasteiger partial charge in [-0.05, 0) is 66.9 Å². The van der Waals surface area contributed by atoms with Crippen molar-refractivity contribution in [3.05, 3.63) is 59.7 Å². The van der Waals surface area contributed by atoms with Crippen molar-refractivity contribution in [2.24, 2.45) is 35.5 Å². The summed E-state index contributed by atoms with van der Waals surface area (Å²) in [7, 11) is 0. The van der Waals surface area contributed by atoms with Crippen molar-refractivity contribution >= 4 is 0 Å². The Balaban J connectivity index is 0.000000113. The molecule has 2 aliphatic heterocycles. The number of fused-ring (bicyclic) bond motifs is 4. The summed E-state index contributed by atoms with van der Waals surface area (Å²) in [6.45, 7) is 13.5. The normalized spacial score (nSPS) is 40.8. The number of aryl methyl sites for hydroxylation is 2. The molecule has 1 aromatic carbocycles. The Morgan fingerprint density at radius 2 is 1.08 bits per heavy atom. The lowest BCUT2D eigenvalue weighted by molar-refractivity contribution is 0.105. The molecule has 1 aromatic rings. The minimum Gasteiger partial charge on any atom is -0.366 e. The van der Waals surface area contributed by atoms with Crippen LogP contribution in [0.25, 0.3) is 0 Å². The summed E-state index contributed by atoms with van der Waals surface area (Å²) in [6.07, 6.45) is 11.5. The fourth-order valence-electron chi connectivity index (χ4n) is 4.67. The predicted octanol–water partition coefficient (Wildman–Crippen LogP) is 6.36. The van der Waals surface area contributed by atoms with Crippen molar-refractivity contribution in [3.63, 3.8) is 0 Å². The number of rotatable bonds is 0. The highest BCUT2D eigenvalue weighted by atomic mass is 16.5. The van der Waals surface area contributed by atoms with Gasteiger partial charge < -0.3 is 4.74 Å². The molecule has 1 nitrogen and oxygen atoms in total. The molecule has 8 unspecified atom stereocenters. The Labute approximate surface area is 160 Å². The second-order valence-corrected chi connectivity index (χ2v) is 8.92. The van der Waals surface area contributed by atoms with E-state index >= 15 is 0 Å².